The fourth-order valence-electron chi connectivity index (χ4n) is 3.95. The van der Waals surface area contributed by atoms with E-state index < -0.39 is 17.9 Å². The van der Waals surface area contributed by atoms with E-state index in [1.54, 1.807) is 30.3 Å². The molecule has 166 valence electrons. The second-order valence-electron chi connectivity index (χ2n) is 7.60. The molecule has 0 saturated heterocycles. The van der Waals surface area contributed by atoms with Gasteiger partial charge in [0.15, 0.2) is 11.8 Å². The van der Waals surface area contributed by atoms with Crippen LogP contribution >= 0.6 is 0 Å². The molecule has 2 amide bonds. The van der Waals surface area contributed by atoms with Crippen molar-refractivity contribution in [2.24, 2.45) is 0 Å². The summed E-state index contributed by atoms with van der Waals surface area (Å²) < 4.78 is 15.6. The molecule has 0 spiro atoms. The summed E-state index contributed by atoms with van der Waals surface area (Å²) in [4.78, 5) is 40.1. The minimum absolute atomic E-state index is 0.0576. The van der Waals surface area contributed by atoms with Crippen LogP contribution in [0.1, 0.15) is 58.4 Å². The molecule has 3 aromatic rings. The first-order chi connectivity index (χ1) is 15.6. The van der Waals surface area contributed by atoms with Crippen LogP contribution in [0, 0.1) is 0 Å². The molecule has 2 aromatic heterocycles. The smallest absolute Gasteiger partial charge is 0.337 e. The Balaban J connectivity index is 1.75. The molecule has 1 N–H and O–H groups in total. The number of hydrogen-bond acceptors (Lipinski definition) is 6. The van der Waals surface area contributed by atoms with Crippen molar-refractivity contribution < 1.29 is 28.0 Å². The zero-order chi connectivity index (χ0) is 22.5. The van der Waals surface area contributed by atoms with Crippen LogP contribution in [0.4, 0.5) is 5.69 Å². The first-order valence-electron chi connectivity index (χ1n) is 10.5. The summed E-state index contributed by atoms with van der Waals surface area (Å²) in [5.74, 6) is -0.959. The van der Waals surface area contributed by atoms with E-state index >= 15 is 0 Å². The van der Waals surface area contributed by atoms with Crippen molar-refractivity contribution in [3.8, 4) is 0 Å². The Bertz CT molecular complexity index is 1050. The van der Waals surface area contributed by atoms with Crippen LogP contribution in [0.3, 0.4) is 0 Å². The van der Waals surface area contributed by atoms with Crippen LogP contribution in [0.5, 0.6) is 0 Å². The molecule has 1 atom stereocenters. The highest BCUT2D eigenvalue weighted by Gasteiger charge is 2.37. The molecule has 0 radical (unpaired) electrons. The summed E-state index contributed by atoms with van der Waals surface area (Å²) in [6, 6.07) is 11.7. The second kappa shape index (κ2) is 9.55. The molecule has 0 unspecified atom stereocenters. The Morgan fingerprint density at radius 3 is 2.28 bits per heavy atom. The molecular weight excluding hydrogens is 412 g/mol. The van der Waals surface area contributed by atoms with Crippen molar-refractivity contribution in [2.75, 3.05) is 12.0 Å². The minimum atomic E-state index is -1.06. The Morgan fingerprint density at radius 2 is 1.69 bits per heavy atom. The van der Waals surface area contributed by atoms with E-state index in [0.29, 0.717) is 17.0 Å². The van der Waals surface area contributed by atoms with Gasteiger partial charge in [0.2, 0.25) is 0 Å². The average molecular weight is 436 g/mol. The first kappa shape index (κ1) is 21.4. The topological polar surface area (TPSA) is 102 Å². The zero-order valence-electron chi connectivity index (χ0n) is 17.7. The SMILES string of the molecule is COC(=O)c1ccc(N(C(=O)c2ccco2)[C@@H](C(=O)NC2CCCC2)c2ccco2)cc1. The number of methoxy groups -OCH3 is 1. The summed E-state index contributed by atoms with van der Waals surface area (Å²) in [5.41, 5.74) is 0.730. The Kier molecular flexibility index (Phi) is 6.39. The van der Waals surface area contributed by atoms with Gasteiger partial charge in [-0.05, 0) is 61.4 Å². The largest absolute Gasteiger partial charge is 0.467 e. The lowest BCUT2D eigenvalue weighted by Crippen LogP contribution is -2.46. The molecule has 1 aromatic carbocycles. The third-order valence-electron chi connectivity index (χ3n) is 5.54. The van der Waals surface area contributed by atoms with Gasteiger partial charge >= 0.3 is 5.97 Å². The van der Waals surface area contributed by atoms with Crippen LogP contribution in [-0.4, -0.2) is 30.9 Å². The molecule has 8 heteroatoms. The van der Waals surface area contributed by atoms with E-state index in [4.69, 9.17) is 13.6 Å². The van der Waals surface area contributed by atoms with Crippen molar-refractivity contribution in [1.82, 2.24) is 5.32 Å². The quantitative estimate of drug-likeness (QED) is 0.560. The number of hydrogen-bond donors (Lipinski definition) is 1. The first-order valence-corrected chi connectivity index (χ1v) is 10.5. The maximum absolute atomic E-state index is 13.5. The number of amides is 2. The van der Waals surface area contributed by atoms with E-state index in [9.17, 15) is 14.4 Å². The zero-order valence-corrected chi connectivity index (χ0v) is 17.7. The molecule has 0 bridgehead atoms. The molecule has 2 heterocycles. The molecule has 1 saturated carbocycles. The Hall–Kier alpha value is -3.81. The molecular formula is C24H24N2O6. The van der Waals surface area contributed by atoms with Gasteiger partial charge in [-0.3, -0.25) is 14.5 Å². The number of nitrogens with one attached hydrogen (secondary N) is 1. The fourth-order valence-corrected chi connectivity index (χ4v) is 3.95. The van der Waals surface area contributed by atoms with E-state index in [-0.39, 0.29) is 17.7 Å². The molecule has 1 fully saturated rings. The van der Waals surface area contributed by atoms with Crippen molar-refractivity contribution in [3.05, 3.63) is 78.1 Å². The van der Waals surface area contributed by atoms with Crippen molar-refractivity contribution in [1.29, 1.82) is 0 Å². The van der Waals surface area contributed by atoms with Crippen LogP contribution in [0.15, 0.2) is 69.9 Å². The highest BCUT2D eigenvalue weighted by Crippen LogP contribution is 2.31. The second-order valence-corrected chi connectivity index (χ2v) is 7.60. The molecule has 1 aliphatic carbocycles. The summed E-state index contributed by atoms with van der Waals surface area (Å²) in [6.07, 6.45) is 6.77. The van der Waals surface area contributed by atoms with Gasteiger partial charge in [-0.25, -0.2) is 4.79 Å². The van der Waals surface area contributed by atoms with Gasteiger partial charge in [0, 0.05) is 11.7 Å². The number of rotatable bonds is 7. The van der Waals surface area contributed by atoms with Gasteiger partial charge in [-0.15, -0.1) is 0 Å². The number of benzene rings is 1. The van der Waals surface area contributed by atoms with Gasteiger partial charge in [0.25, 0.3) is 11.8 Å². The normalized spacial score (nSPS) is 14.7. The maximum Gasteiger partial charge on any atom is 0.337 e. The van der Waals surface area contributed by atoms with Gasteiger partial charge in [-0.2, -0.15) is 0 Å². The molecule has 1 aliphatic rings. The van der Waals surface area contributed by atoms with E-state index in [1.807, 2.05) is 0 Å². The summed E-state index contributed by atoms with van der Waals surface area (Å²) in [7, 11) is 1.29. The van der Waals surface area contributed by atoms with Crippen molar-refractivity contribution in [2.45, 2.75) is 37.8 Å². The number of esters is 1. The van der Waals surface area contributed by atoms with Gasteiger partial charge in [-0.1, -0.05) is 12.8 Å². The number of ether oxygens (including phenoxy) is 1. The lowest BCUT2D eigenvalue weighted by Gasteiger charge is -2.30. The van der Waals surface area contributed by atoms with E-state index in [1.165, 1.54) is 42.7 Å². The van der Waals surface area contributed by atoms with Gasteiger partial charge in [0.1, 0.15) is 5.76 Å². The summed E-state index contributed by atoms with van der Waals surface area (Å²) >= 11 is 0. The number of carbonyl (C=O) groups is 3. The average Bonchev–Trinajstić information content (AvgIpc) is 3.60. The van der Waals surface area contributed by atoms with Crippen LogP contribution < -0.4 is 10.2 Å². The number of furan rings is 2. The van der Waals surface area contributed by atoms with Crippen LogP contribution in [0.25, 0.3) is 0 Å². The third-order valence-corrected chi connectivity index (χ3v) is 5.54. The van der Waals surface area contributed by atoms with Crippen molar-refractivity contribution >= 4 is 23.5 Å². The Labute approximate surface area is 185 Å². The molecule has 8 nitrogen and oxygen atoms in total. The molecule has 32 heavy (non-hydrogen) atoms. The van der Waals surface area contributed by atoms with E-state index in [2.05, 4.69) is 5.32 Å². The standard InChI is InChI=1S/C24H24N2O6/c1-30-24(29)16-10-12-18(13-11-16)26(23(28)20-9-5-15-32-20)21(19-8-4-14-31-19)22(27)25-17-6-2-3-7-17/h4-5,8-15,17,21H,2-3,6-7H2,1H3,(H,25,27)/t21-/m1/s1. The number of nitrogens with zero attached hydrogens (tertiary/aromatic N) is 1. The predicted molar refractivity (Wildman–Crippen MR) is 115 cm³/mol. The summed E-state index contributed by atoms with van der Waals surface area (Å²) in [5, 5.41) is 3.06. The predicted octanol–water partition coefficient (Wildman–Crippen LogP) is 4.11. The molecule has 4 rings (SSSR count). The summed E-state index contributed by atoms with van der Waals surface area (Å²) in [6.45, 7) is 0. The van der Waals surface area contributed by atoms with Crippen LogP contribution in [0.2, 0.25) is 0 Å². The van der Waals surface area contributed by atoms with E-state index in [0.717, 1.165) is 25.7 Å². The lowest BCUT2D eigenvalue weighted by atomic mass is 10.1. The molecule has 0 aliphatic heterocycles. The number of carbonyl (C=O) groups excluding carboxylic acids is 3. The third kappa shape index (κ3) is 4.44. The Morgan fingerprint density at radius 1 is 1.00 bits per heavy atom. The fraction of sp³-hybridized carbons (Fsp3) is 0.292. The van der Waals surface area contributed by atoms with Gasteiger partial charge in [0.05, 0.1) is 25.2 Å². The highest BCUT2D eigenvalue weighted by atomic mass is 16.5. The minimum Gasteiger partial charge on any atom is -0.467 e. The lowest BCUT2D eigenvalue weighted by molar-refractivity contribution is -0.123. The van der Waals surface area contributed by atoms with Crippen molar-refractivity contribution in [3.63, 3.8) is 0 Å². The van der Waals surface area contributed by atoms with Crippen LogP contribution in [-0.2, 0) is 9.53 Å². The number of anilines is 1. The maximum atomic E-state index is 13.5. The highest BCUT2D eigenvalue weighted by molar-refractivity contribution is 6.08. The van der Waals surface area contributed by atoms with Gasteiger partial charge < -0.3 is 18.9 Å². The monoisotopic (exact) mass is 436 g/mol.